The molecular weight excluding hydrogens is 358 g/mol. The summed E-state index contributed by atoms with van der Waals surface area (Å²) in [6.45, 7) is 9.29. The molecule has 1 fully saturated rings. The summed E-state index contributed by atoms with van der Waals surface area (Å²) in [5.41, 5.74) is 1.07. The van der Waals surface area contributed by atoms with Crippen LogP contribution >= 0.6 is 0 Å². The van der Waals surface area contributed by atoms with Crippen molar-refractivity contribution < 1.29 is 19.1 Å². The predicted molar refractivity (Wildman–Crippen MR) is 108 cm³/mol. The van der Waals surface area contributed by atoms with Crippen LogP contribution in [-0.4, -0.2) is 54.5 Å². The summed E-state index contributed by atoms with van der Waals surface area (Å²) in [5.74, 6) is -0.400. The van der Waals surface area contributed by atoms with E-state index >= 15 is 0 Å². The largest absolute Gasteiger partial charge is 0.466 e. The number of benzene rings is 1. The van der Waals surface area contributed by atoms with Crippen LogP contribution in [0.4, 0.5) is 5.69 Å². The number of hydrogen-bond donors (Lipinski definition) is 2. The van der Waals surface area contributed by atoms with E-state index in [0.29, 0.717) is 38.1 Å². The summed E-state index contributed by atoms with van der Waals surface area (Å²) in [6, 6.07) is 7.05. The highest BCUT2D eigenvalue weighted by Crippen LogP contribution is 2.19. The lowest BCUT2D eigenvalue weighted by atomic mass is 9.97. The molecule has 0 spiro atoms. The Morgan fingerprint density at radius 1 is 1.11 bits per heavy atom. The maximum Gasteiger partial charge on any atom is 0.309 e. The molecule has 7 nitrogen and oxygen atoms in total. The zero-order valence-electron chi connectivity index (χ0n) is 17.2. The SMILES string of the molecule is CCOC(=O)C1CCN(C(=O)CNc2ccc(C(=O)NC(C)(C)C)cc2)CC1. The Morgan fingerprint density at radius 3 is 2.25 bits per heavy atom. The molecule has 2 rings (SSSR count). The van der Waals surface area contributed by atoms with Gasteiger partial charge in [-0.2, -0.15) is 0 Å². The Labute approximate surface area is 166 Å². The molecule has 154 valence electrons. The van der Waals surface area contributed by atoms with Crippen LogP contribution in [0.2, 0.25) is 0 Å². The van der Waals surface area contributed by atoms with Gasteiger partial charge in [0.25, 0.3) is 5.91 Å². The van der Waals surface area contributed by atoms with Crippen molar-refractivity contribution in [2.24, 2.45) is 5.92 Å². The molecule has 0 unspecified atom stereocenters. The van der Waals surface area contributed by atoms with Crippen LogP contribution in [0.15, 0.2) is 24.3 Å². The maximum absolute atomic E-state index is 12.4. The van der Waals surface area contributed by atoms with Crippen LogP contribution in [-0.2, 0) is 14.3 Å². The molecule has 2 N–H and O–H groups in total. The van der Waals surface area contributed by atoms with Crippen LogP contribution in [0.3, 0.4) is 0 Å². The van der Waals surface area contributed by atoms with Gasteiger partial charge in [-0.25, -0.2) is 0 Å². The number of carbonyl (C=O) groups is 3. The number of piperidine rings is 1. The van der Waals surface area contributed by atoms with Gasteiger partial charge in [-0.15, -0.1) is 0 Å². The average molecular weight is 389 g/mol. The molecule has 1 aliphatic heterocycles. The van der Waals surface area contributed by atoms with Crippen molar-refractivity contribution in [3.05, 3.63) is 29.8 Å². The van der Waals surface area contributed by atoms with Crippen molar-refractivity contribution in [2.45, 2.75) is 46.1 Å². The number of likely N-dealkylation sites (tertiary alicyclic amines) is 1. The number of amides is 2. The lowest BCUT2D eigenvalue weighted by Gasteiger charge is -2.31. The van der Waals surface area contributed by atoms with Crippen molar-refractivity contribution in [1.29, 1.82) is 0 Å². The minimum absolute atomic E-state index is 0.00291. The minimum Gasteiger partial charge on any atom is -0.466 e. The number of rotatable bonds is 6. The van der Waals surface area contributed by atoms with Crippen molar-refractivity contribution in [2.75, 3.05) is 31.6 Å². The summed E-state index contributed by atoms with van der Waals surface area (Å²) in [7, 11) is 0. The number of nitrogens with zero attached hydrogens (tertiary/aromatic N) is 1. The Morgan fingerprint density at radius 2 is 1.71 bits per heavy atom. The maximum atomic E-state index is 12.4. The van der Waals surface area contributed by atoms with Crippen molar-refractivity contribution in [3.63, 3.8) is 0 Å². The molecular formula is C21H31N3O4. The lowest BCUT2D eigenvalue weighted by Crippen LogP contribution is -2.43. The second-order valence-corrected chi connectivity index (χ2v) is 8.04. The molecule has 1 heterocycles. The molecule has 0 aromatic heterocycles. The Kier molecular flexibility index (Phi) is 7.43. The van der Waals surface area contributed by atoms with Crippen LogP contribution in [0.1, 0.15) is 50.9 Å². The molecule has 0 atom stereocenters. The van der Waals surface area contributed by atoms with Crippen molar-refractivity contribution in [3.8, 4) is 0 Å². The van der Waals surface area contributed by atoms with E-state index in [1.165, 1.54) is 0 Å². The van der Waals surface area contributed by atoms with E-state index in [0.717, 1.165) is 5.69 Å². The van der Waals surface area contributed by atoms with Crippen LogP contribution < -0.4 is 10.6 Å². The van der Waals surface area contributed by atoms with E-state index in [2.05, 4.69) is 10.6 Å². The van der Waals surface area contributed by atoms with E-state index in [4.69, 9.17) is 4.74 Å². The van der Waals surface area contributed by atoms with Gasteiger partial charge in [0.15, 0.2) is 0 Å². The third-order valence-corrected chi connectivity index (χ3v) is 4.55. The van der Waals surface area contributed by atoms with Crippen LogP contribution in [0, 0.1) is 5.92 Å². The Hall–Kier alpha value is -2.57. The third kappa shape index (κ3) is 6.55. The lowest BCUT2D eigenvalue weighted by molar-refractivity contribution is -0.151. The summed E-state index contributed by atoms with van der Waals surface area (Å²) in [5, 5.41) is 6.01. The summed E-state index contributed by atoms with van der Waals surface area (Å²) < 4.78 is 5.05. The fourth-order valence-corrected chi connectivity index (χ4v) is 3.07. The Bertz CT molecular complexity index is 687. The molecule has 0 saturated carbocycles. The minimum atomic E-state index is -0.291. The molecule has 1 aliphatic rings. The standard InChI is InChI=1S/C21H31N3O4/c1-5-28-20(27)16-10-12-24(13-11-16)18(25)14-22-17-8-6-15(7-9-17)19(26)23-21(2,3)4/h6-9,16,22H,5,10-14H2,1-4H3,(H,23,26). The number of hydrogen-bond acceptors (Lipinski definition) is 5. The smallest absolute Gasteiger partial charge is 0.309 e. The molecule has 1 saturated heterocycles. The van der Waals surface area contributed by atoms with E-state index in [9.17, 15) is 14.4 Å². The second-order valence-electron chi connectivity index (χ2n) is 8.04. The topological polar surface area (TPSA) is 87.7 Å². The van der Waals surface area contributed by atoms with E-state index < -0.39 is 0 Å². The summed E-state index contributed by atoms with van der Waals surface area (Å²) in [6.07, 6.45) is 1.28. The fraction of sp³-hybridized carbons (Fsp3) is 0.571. The highest BCUT2D eigenvalue weighted by molar-refractivity contribution is 5.95. The Balaban J connectivity index is 1.79. The molecule has 28 heavy (non-hydrogen) atoms. The number of anilines is 1. The van der Waals surface area contributed by atoms with E-state index in [1.54, 1.807) is 36.1 Å². The highest BCUT2D eigenvalue weighted by Gasteiger charge is 2.28. The van der Waals surface area contributed by atoms with Gasteiger partial charge in [-0.3, -0.25) is 14.4 Å². The van der Waals surface area contributed by atoms with Crippen molar-refractivity contribution >= 4 is 23.5 Å². The zero-order chi connectivity index (χ0) is 20.7. The van der Waals surface area contributed by atoms with Gasteiger partial charge in [0.2, 0.25) is 5.91 Å². The van der Waals surface area contributed by atoms with Gasteiger partial charge < -0.3 is 20.3 Å². The number of nitrogens with one attached hydrogen (secondary N) is 2. The van der Waals surface area contributed by atoms with Gasteiger partial charge in [-0.1, -0.05) is 0 Å². The highest BCUT2D eigenvalue weighted by atomic mass is 16.5. The first kappa shape index (κ1) is 21.7. The normalized spacial score (nSPS) is 15.1. The number of esters is 1. The first-order chi connectivity index (χ1) is 13.2. The van der Waals surface area contributed by atoms with Gasteiger partial charge in [0.1, 0.15) is 0 Å². The summed E-state index contributed by atoms with van der Waals surface area (Å²) in [4.78, 5) is 38.1. The van der Waals surface area contributed by atoms with Gasteiger partial charge in [0, 0.05) is 29.9 Å². The van der Waals surface area contributed by atoms with Gasteiger partial charge in [-0.05, 0) is 64.8 Å². The van der Waals surface area contributed by atoms with Crippen LogP contribution in [0.5, 0.6) is 0 Å². The summed E-state index contributed by atoms with van der Waals surface area (Å²) >= 11 is 0. The fourth-order valence-electron chi connectivity index (χ4n) is 3.07. The monoisotopic (exact) mass is 389 g/mol. The quantitative estimate of drug-likeness (QED) is 0.730. The molecule has 2 amide bonds. The third-order valence-electron chi connectivity index (χ3n) is 4.55. The number of carbonyl (C=O) groups excluding carboxylic acids is 3. The molecule has 0 aliphatic carbocycles. The molecule has 1 aromatic rings. The zero-order valence-corrected chi connectivity index (χ0v) is 17.2. The first-order valence-corrected chi connectivity index (χ1v) is 9.80. The predicted octanol–water partition coefficient (Wildman–Crippen LogP) is 2.43. The molecule has 7 heteroatoms. The molecule has 1 aromatic carbocycles. The van der Waals surface area contributed by atoms with E-state index in [-0.39, 0.29) is 35.8 Å². The number of ether oxygens (including phenoxy) is 1. The first-order valence-electron chi connectivity index (χ1n) is 9.80. The average Bonchev–Trinajstić information content (AvgIpc) is 2.65. The van der Waals surface area contributed by atoms with Gasteiger partial charge >= 0.3 is 5.97 Å². The van der Waals surface area contributed by atoms with Gasteiger partial charge in [0.05, 0.1) is 19.1 Å². The van der Waals surface area contributed by atoms with Crippen molar-refractivity contribution in [1.82, 2.24) is 10.2 Å². The second kappa shape index (κ2) is 9.57. The van der Waals surface area contributed by atoms with Crippen LogP contribution in [0.25, 0.3) is 0 Å². The molecule has 0 bridgehead atoms. The molecule has 0 radical (unpaired) electrons. The van der Waals surface area contributed by atoms with E-state index in [1.807, 2.05) is 20.8 Å².